The summed E-state index contributed by atoms with van der Waals surface area (Å²) in [6.45, 7) is 1.38. The zero-order chi connectivity index (χ0) is 18.0. The lowest BCUT2D eigenvalue weighted by Gasteiger charge is -2.28. The quantitative estimate of drug-likeness (QED) is 0.845. The van der Waals surface area contributed by atoms with Crippen molar-refractivity contribution in [1.29, 1.82) is 0 Å². The first-order chi connectivity index (χ1) is 11.8. The molecule has 1 N–H and O–H groups in total. The highest BCUT2D eigenvalue weighted by atomic mass is 35.5. The molecule has 0 spiro atoms. The highest BCUT2D eigenvalue weighted by Gasteiger charge is 2.18. The van der Waals surface area contributed by atoms with Crippen LogP contribution in [-0.4, -0.2) is 27.3 Å². The van der Waals surface area contributed by atoms with Crippen molar-refractivity contribution < 1.29 is 13.2 Å². The molecular formula is C17H16Cl2N2O3S. The number of halogens is 2. The number of nitrogens with one attached hydrogen (secondary N) is 1. The monoisotopic (exact) mass is 398 g/mol. The molecule has 1 fully saturated rings. The van der Waals surface area contributed by atoms with Gasteiger partial charge in [0.2, 0.25) is 0 Å². The first-order valence-electron chi connectivity index (χ1n) is 7.70. The highest BCUT2D eigenvalue weighted by molar-refractivity contribution is 7.92. The third kappa shape index (κ3) is 4.26. The lowest BCUT2D eigenvalue weighted by atomic mass is 10.1. The van der Waals surface area contributed by atoms with Crippen molar-refractivity contribution in [2.24, 2.45) is 0 Å². The van der Waals surface area contributed by atoms with E-state index < -0.39 is 10.0 Å². The molecule has 2 aromatic rings. The van der Waals surface area contributed by atoms with Crippen molar-refractivity contribution in [1.82, 2.24) is 0 Å². The van der Waals surface area contributed by atoms with Crippen molar-refractivity contribution in [3.8, 4) is 0 Å². The molecule has 3 rings (SSSR count). The second-order valence-electron chi connectivity index (χ2n) is 5.75. The molecule has 0 atom stereocenters. The van der Waals surface area contributed by atoms with E-state index in [0.717, 1.165) is 5.69 Å². The predicted octanol–water partition coefficient (Wildman–Crippen LogP) is 3.96. The number of piperidine rings is 1. The second kappa shape index (κ2) is 7.23. The van der Waals surface area contributed by atoms with Crippen LogP contribution in [0, 0.1) is 0 Å². The number of nitrogens with zero attached hydrogens (tertiary/aromatic N) is 1. The van der Waals surface area contributed by atoms with Crippen molar-refractivity contribution in [2.75, 3.05) is 22.7 Å². The molecule has 0 aliphatic carbocycles. The van der Waals surface area contributed by atoms with E-state index in [1.54, 1.807) is 12.1 Å². The van der Waals surface area contributed by atoms with E-state index in [0.29, 0.717) is 36.6 Å². The Balaban J connectivity index is 1.74. The van der Waals surface area contributed by atoms with Gasteiger partial charge in [0, 0.05) is 37.3 Å². The molecule has 0 bridgehead atoms. The Bertz CT molecular complexity index is 889. The standard InChI is InChI=1S/C17H16Cl2N2O3S/c18-16-6-5-15(11-17(16)19)25(23,24)20-12-1-3-13(4-2-12)21-9-7-14(22)8-10-21/h1-6,11,20H,7-10H2. The molecule has 5 nitrogen and oxygen atoms in total. The van der Waals surface area contributed by atoms with E-state index in [1.165, 1.54) is 18.2 Å². The fraction of sp³-hybridized carbons (Fsp3) is 0.235. The van der Waals surface area contributed by atoms with E-state index >= 15 is 0 Å². The van der Waals surface area contributed by atoms with Gasteiger partial charge in [-0.25, -0.2) is 8.42 Å². The van der Waals surface area contributed by atoms with Gasteiger partial charge in [-0.1, -0.05) is 23.2 Å². The highest BCUT2D eigenvalue weighted by Crippen LogP contribution is 2.27. The maximum atomic E-state index is 12.4. The van der Waals surface area contributed by atoms with Gasteiger partial charge in [0.25, 0.3) is 10.0 Å². The molecule has 0 aromatic heterocycles. The number of carbonyl (C=O) groups excluding carboxylic acids is 1. The number of Topliss-reactive ketones (excluding diaryl/α,β-unsaturated/α-hetero) is 1. The molecule has 132 valence electrons. The minimum atomic E-state index is -3.75. The molecule has 0 amide bonds. The van der Waals surface area contributed by atoms with Gasteiger partial charge in [-0.2, -0.15) is 0 Å². The summed E-state index contributed by atoms with van der Waals surface area (Å²) in [5.41, 5.74) is 1.41. The van der Waals surface area contributed by atoms with Crippen molar-refractivity contribution in [3.05, 3.63) is 52.5 Å². The van der Waals surface area contributed by atoms with Gasteiger partial charge in [-0.05, 0) is 42.5 Å². The van der Waals surface area contributed by atoms with Crippen LogP contribution < -0.4 is 9.62 Å². The van der Waals surface area contributed by atoms with Gasteiger partial charge < -0.3 is 4.90 Å². The molecule has 1 heterocycles. The summed E-state index contributed by atoms with van der Waals surface area (Å²) >= 11 is 11.7. The van der Waals surface area contributed by atoms with Crippen LogP contribution in [0.25, 0.3) is 0 Å². The van der Waals surface area contributed by atoms with Crippen LogP contribution in [0.15, 0.2) is 47.4 Å². The van der Waals surface area contributed by atoms with Gasteiger partial charge in [-0.3, -0.25) is 9.52 Å². The van der Waals surface area contributed by atoms with Gasteiger partial charge in [0.05, 0.1) is 14.9 Å². The van der Waals surface area contributed by atoms with Crippen LogP contribution in [-0.2, 0) is 14.8 Å². The third-order valence-corrected chi connectivity index (χ3v) is 6.13. The van der Waals surface area contributed by atoms with Crippen LogP contribution in [0.4, 0.5) is 11.4 Å². The van der Waals surface area contributed by atoms with E-state index in [4.69, 9.17) is 23.2 Å². The summed E-state index contributed by atoms with van der Waals surface area (Å²) in [7, 11) is -3.75. The fourth-order valence-electron chi connectivity index (χ4n) is 2.61. The van der Waals surface area contributed by atoms with Gasteiger partial charge in [0.15, 0.2) is 0 Å². The summed E-state index contributed by atoms with van der Waals surface area (Å²) in [4.78, 5) is 13.5. The van der Waals surface area contributed by atoms with Gasteiger partial charge >= 0.3 is 0 Å². The lowest BCUT2D eigenvalue weighted by Crippen LogP contribution is -2.33. The number of hydrogen-bond acceptors (Lipinski definition) is 4. The first-order valence-corrected chi connectivity index (χ1v) is 9.94. The smallest absolute Gasteiger partial charge is 0.261 e. The van der Waals surface area contributed by atoms with E-state index in [1.807, 2.05) is 12.1 Å². The minimum absolute atomic E-state index is 0.0421. The van der Waals surface area contributed by atoms with Crippen LogP contribution in [0.3, 0.4) is 0 Å². The zero-order valence-corrected chi connectivity index (χ0v) is 15.5. The Morgan fingerprint density at radius 1 is 0.920 bits per heavy atom. The molecule has 0 radical (unpaired) electrons. The van der Waals surface area contributed by atoms with Crippen LogP contribution in [0.1, 0.15) is 12.8 Å². The predicted molar refractivity (Wildman–Crippen MR) is 100 cm³/mol. The molecule has 0 saturated carbocycles. The Morgan fingerprint density at radius 3 is 2.16 bits per heavy atom. The maximum absolute atomic E-state index is 12.4. The van der Waals surface area contributed by atoms with Crippen LogP contribution in [0.5, 0.6) is 0 Å². The largest absolute Gasteiger partial charge is 0.371 e. The average Bonchev–Trinajstić information content (AvgIpc) is 2.58. The first kappa shape index (κ1) is 18.0. The Labute approximate surface area is 156 Å². The second-order valence-corrected chi connectivity index (χ2v) is 8.25. The molecule has 0 unspecified atom stereocenters. The summed E-state index contributed by atoms with van der Waals surface area (Å²) in [6, 6.07) is 11.2. The molecular weight excluding hydrogens is 383 g/mol. The van der Waals surface area contributed by atoms with E-state index in [-0.39, 0.29) is 15.7 Å². The summed E-state index contributed by atoms with van der Waals surface area (Å²) in [5.74, 6) is 0.280. The van der Waals surface area contributed by atoms with Crippen molar-refractivity contribution >= 4 is 50.4 Å². The van der Waals surface area contributed by atoms with Crippen LogP contribution in [0.2, 0.25) is 10.0 Å². The third-order valence-electron chi connectivity index (χ3n) is 4.01. The van der Waals surface area contributed by atoms with E-state index in [9.17, 15) is 13.2 Å². The number of hydrogen-bond donors (Lipinski definition) is 1. The molecule has 2 aromatic carbocycles. The number of anilines is 2. The van der Waals surface area contributed by atoms with Crippen molar-refractivity contribution in [2.45, 2.75) is 17.7 Å². The Kier molecular flexibility index (Phi) is 5.22. The molecule has 1 aliphatic rings. The topological polar surface area (TPSA) is 66.5 Å². The van der Waals surface area contributed by atoms with Crippen LogP contribution >= 0.6 is 23.2 Å². The molecule has 25 heavy (non-hydrogen) atoms. The fourth-order valence-corrected chi connectivity index (χ4v) is 4.06. The molecule has 1 saturated heterocycles. The summed E-state index contributed by atoms with van der Waals surface area (Å²) < 4.78 is 27.4. The SMILES string of the molecule is O=C1CCN(c2ccc(NS(=O)(=O)c3ccc(Cl)c(Cl)c3)cc2)CC1. The van der Waals surface area contributed by atoms with Crippen molar-refractivity contribution in [3.63, 3.8) is 0 Å². The average molecular weight is 399 g/mol. The Morgan fingerprint density at radius 2 is 1.56 bits per heavy atom. The van der Waals surface area contributed by atoms with Gasteiger partial charge in [-0.15, -0.1) is 0 Å². The van der Waals surface area contributed by atoms with E-state index in [2.05, 4.69) is 9.62 Å². The number of carbonyl (C=O) groups is 1. The normalized spacial score (nSPS) is 15.3. The molecule has 1 aliphatic heterocycles. The maximum Gasteiger partial charge on any atom is 0.261 e. The number of ketones is 1. The van der Waals surface area contributed by atoms with Gasteiger partial charge in [0.1, 0.15) is 5.78 Å². The number of benzene rings is 2. The summed E-state index contributed by atoms with van der Waals surface area (Å²) in [6.07, 6.45) is 1.09. The number of sulfonamides is 1. The lowest BCUT2D eigenvalue weighted by molar-refractivity contribution is -0.119. The number of rotatable bonds is 4. The zero-order valence-electron chi connectivity index (χ0n) is 13.2. The summed E-state index contributed by atoms with van der Waals surface area (Å²) in [5, 5.41) is 0.476. The minimum Gasteiger partial charge on any atom is -0.371 e. The Hall–Kier alpha value is -1.76. The molecule has 8 heteroatoms.